The Kier molecular flexibility index (Phi) is 7.15. The van der Waals surface area contributed by atoms with Gasteiger partial charge in [-0.15, -0.1) is 0 Å². The lowest BCUT2D eigenvalue weighted by Gasteiger charge is -2.13. The summed E-state index contributed by atoms with van der Waals surface area (Å²) in [7, 11) is 0. The predicted molar refractivity (Wildman–Crippen MR) is 81.8 cm³/mol. The van der Waals surface area contributed by atoms with Crippen LogP contribution in [0.3, 0.4) is 0 Å². The summed E-state index contributed by atoms with van der Waals surface area (Å²) in [6.07, 6.45) is 2.26. The van der Waals surface area contributed by atoms with Gasteiger partial charge in [0, 0.05) is 18.2 Å². The van der Waals surface area contributed by atoms with Crippen molar-refractivity contribution in [2.75, 3.05) is 6.61 Å². The van der Waals surface area contributed by atoms with Gasteiger partial charge in [-0.25, -0.2) is 4.39 Å². The van der Waals surface area contributed by atoms with E-state index in [1.807, 2.05) is 20.8 Å². The van der Waals surface area contributed by atoms with Gasteiger partial charge in [-0.2, -0.15) is 0 Å². The van der Waals surface area contributed by atoms with Crippen LogP contribution in [0, 0.1) is 5.82 Å². The molecule has 0 aliphatic heterocycles. The van der Waals surface area contributed by atoms with Crippen molar-refractivity contribution in [3.63, 3.8) is 0 Å². The lowest BCUT2D eigenvalue weighted by Crippen LogP contribution is -2.35. The van der Waals surface area contributed by atoms with E-state index in [9.17, 15) is 9.18 Å². The molecule has 1 aromatic carbocycles. The molecule has 2 unspecified atom stereocenters. The molecular formula is C16H25FN2O2. The van der Waals surface area contributed by atoms with Gasteiger partial charge in [0.1, 0.15) is 11.6 Å². The number of ether oxygens (including phenoxy) is 1. The lowest BCUT2D eigenvalue weighted by molar-refractivity contribution is -0.123. The third-order valence-electron chi connectivity index (χ3n) is 3.34. The Balaban J connectivity index is 2.60. The molecule has 0 saturated heterocycles. The normalized spacial score (nSPS) is 13.6. The molecule has 3 N–H and O–H groups in total. The van der Waals surface area contributed by atoms with Crippen molar-refractivity contribution >= 4 is 5.91 Å². The maximum atomic E-state index is 13.5. The van der Waals surface area contributed by atoms with Crippen LogP contribution in [0.25, 0.3) is 0 Å². The van der Waals surface area contributed by atoms with Crippen LogP contribution in [0.1, 0.15) is 39.2 Å². The Labute approximate surface area is 125 Å². The number of benzene rings is 1. The molecule has 1 aromatic rings. The summed E-state index contributed by atoms with van der Waals surface area (Å²) in [5, 5.41) is 2.79. The van der Waals surface area contributed by atoms with Crippen LogP contribution in [0.2, 0.25) is 0 Å². The van der Waals surface area contributed by atoms with Crippen LogP contribution in [-0.2, 0) is 11.2 Å². The molecule has 0 aliphatic rings. The van der Waals surface area contributed by atoms with Crippen molar-refractivity contribution in [2.45, 2.75) is 52.1 Å². The van der Waals surface area contributed by atoms with E-state index >= 15 is 0 Å². The SMILES string of the molecule is CCC(N)Cc1cc(F)cc(OCC(=O)NC(C)CC)c1. The van der Waals surface area contributed by atoms with Gasteiger partial charge >= 0.3 is 0 Å². The molecule has 2 atom stereocenters. The van der Waals surface area contributed by atoms with E-state index in [0.717, 1.165) is 18.4 Å². The first-order chi connectivity index (χ1) is 9.94. The van der Waals surface area contributed by atoms with Crippen molar-refractivity contribution in [3.05, 3.63) is 29.6 Å². The van der Waals surface area contributed by atoms with Gasteiger partial charge in [0.2, 0.25) is 0 Å². The standard InChI is InChI=1S/C16H25FN2O2/c1-4-11(3)19-16(20)10-21-15-8-12(6-13(17)9-15)7-14(18)5-2/h6,8-9,11,14H,4-5,7,10,18H2,1-3H3,(H,19,20). The number of carbonyl (C=O) groups is 1. The van der Waals surface area contributed by atoms with Crippen molar-refractivity contribution in [1.82, 2.24) is 5.32 Å². The predicted octanol–water partition coefficient (Wildman–Crippen LogP) is 2.40. The van der Waals surface area contributed by atoms with Gasteiger partial charge < -0.3 is 15.8 Å². The van der Waals surface area contributed by atoms with Crippen LogP contribution < -0.4 is 15.8 Å². The van der Waals surface area contributed by atoms with E-state index in [1.165, 1.54) is 12.1 Å². The van der Waals surface area contributed by atoms with Crippen molar-refractivity contribution < 1.29 is 13.9 Å². The first kappa shape index (κ1) is 17.4. The van der Waals surface area contributed by atoms with Crippen LogP contribution in [0.4, 0.5) is 4.39 Å². The van der Waals surface area contributed by atoms with Crippen molar-refractivity contribution in [3.8, 4) is 5.75 Å². The number of hydrogen-bond acceptors (Lipinski definition) is 3. The summed E-state index contributed by atoms with van der Waals surface area (Å²) in [6, 6.07) is 4.55. The quantitative estimate of drug-likeness (QED) is 0.774. The molecule has 4 nitrogen and oxygen atoms in total. The summed E-state index contributed by atoms with van der Waals surface area (Å²) in [5.41, 5.74) is 6.65. The molecule has 21 heavy (non-hydrogen) atoms. The van der Waals surface area contributed by atoms with Crippen LogP contribution in [0.5, 0.6) is 5.75 Å². The second-order valence-electron chi connectivity index (χ2n) is 5.33. The van der Waals surface area contributed by atoms with Crippen LogP contribution in [-0.4, -0.2) is 24.6 Å². The summed E-state index contributed by atoms with van der Waals surface area (Å²) >= 11 is 0. The number of hydrogen-bond donors (Lipinski definition) is 2. The number of amides is 1. The Morgan fingerprint density at radius 1 is 1.33 bits per heavy atom. The average Bonchev–Trinajstić information content (AvgIpc) is 2.44. The summed E-state index contributed by atoms with van der Waals surface area (Å²) in [5.74, 6) is -0.235. The molecule has 1 rings (SSSR count). The third kappa shape index (κ3) is 6.58. The highest BCUT2D eigenvalue weighted by atomic mass is 19.1. The molecule has 5 heteroatoms. The molecule has 0 spiro atoms. The Morgan fingerprint density at radius 3 is 2.67 bits per heavy atom. The van der Waals surface area contributed by atoms with E-state index in [-0.39, 0.29) is 30.4 Å². The molecule has 0 fully saturated rings. The van der Waals surface area contributed by atoms with Crippen LogP contribution in [0.15, 0.2) is 18.2 Å². The number of nitrogens with two attached hydrogens (primary N) is 1. The Bertz CT molecular complexity index is 466. The molecule has 0 saturated carbocycles. The minimum absolute atomic E-state index is 0.00616. The van der Waals surface area contributed by atoms with Crippen molar-refractivity contribution in [2.24, 2.45) is 5.73 Å². The first-order valence-electron chi connectivity index (χ1n) is 7.41. The molecule has 0 aromatic heterocycles. The van der Waals surface area contributed by atoms with E-state index in [1.54, 1.807) is 6.07 Å². The van der Waals surface area contributed by atoms with E-state index in [0.29, 0.717) is 12.2 Å². The Hall–Kier alpha value is -1.62. The van der Waals surface area contributed by atoms with E-state index < -0.39 is 0 Å². The molecule has 0 aliphatic carbocycles. The number of carbonyl (C=O) groups excluding carboxylic acids is 1. The third-order valence-corrected chi connectivity index (χ3v) is 3.34. The second-order valence-corrected chi connectivity index (χ2v) is 5.33. The maximum absolute atomic E-state index is 13.5. The van der Waals surface area contributed by atoms with Gasteiger partial charge in [0.05, 0.1) is 0 Å². The zero-order valence-electron chi connectivity index (χ0n) is 13.0. The molecule has 1 amide bonds. The Morgan fingerprint density at radius 2 is 2.05 bits per heavy atom. The summed E-state index contributed by atoms with van der Waals surface area (Å²) in [6.45, 7) is 5.78. The van der Waals surface area contributed by atoms with Crippen molar-refractivity contribution in [1.29, 1.82) is 0 Å². The van der Waals surface area contributed by atoms with Gasteiger partial charge in [-0.3, -0.25) is 4.79 Å². The van der Waals surface area contributed by atoms with Gasteiger partial charge in [-0.05, 0) is 43.9 Å². The fourth-order valence-corrected chi connectivity index (χ4v) is 1.84. The zero-order chi connectivity index (χ0) is 15.8. The fraction of sp³-hybridized carbons (Fsp3) is 0.562. The summed E-state index contributed by atoms with van der Waals surface area (Å²) < 4.78 is 18.9. The minimum atomic E-state index is -0.381. The maximum Gasteiger partial charge on any atom is 0.258 e. The second kappa shape index (κ2) is 8.62. The first-order valence-corrected chi connectivity index (χ1v) is 7.41. The molecule has 118 valence electrons. The minimum Gasteiger partial charge on any atom is -0.484 e. The lowest BCUT2D eigenvalue weighted by atomic mass is 10.0. The molecule has 0 heterocycles. The molecule has 0 radical (unpaired) electrons. The smallest absolute Gasteiger partial charge is 0.258 e. The van der Waals surface area contributed by atoms with Crippen LogP contribution >= 0.6 is 0 Å². The number of rotatable bonds is 8. The largest absolute Gasteiger partial charge is 0.484 e. The fourth-order valence-electron chi connectivity index (χ4n) is 1.84. The zero-order valence-corrected chi connectivity index (χ0v) is 13.0. The monoisotopic (exact) mass is 296 g/mol. The van der Waals surface area contributed by atoms with E-state index in [4.69, 9.17) is 10.5 Å². The van der Waals surface area contributed by atoms with Gasteiger partial charge in [-0.1, -0.05) is 13.8 Å². The number of halogens is 1. The highest BCUT2D eigenvalue weighted by molar-refractivity contribution is 5.77. The highest BCUT2D eigenvalue weighted by Crippen LogP contribution is 2.18. The summed E-state index contributed by atoms with van der Waals surface area (Å²) in [4.78, 5) is 11.6. The van der Waals surface area contributed by atoms with Gasteiger partial charge in [0.15, 0.2) is 6.61 Å². The molecular weight excluding hydrogens is 271 g/mol. The topological polar surface area (TPSA) is 64.3 Å². The molecule has 0 bridgehead atoms. The number of nitrogens with one attached hydrogen (secondary N) is 1. The van der Waals surface area contributed by atoms with E-state index in [2.05, 4.69) is 5.32 Å². The highest BCUT2D eigenvalue weighted by Gasteiger charge is 2.09. The average molecular weight is 296 g/mol. The van der Waals surface area contributed by atoms with Gasteiger partial charge in [0.25, 0.3) is 5.91 Å².